The molecule has 1 aliphatic heterocycles. The Morgan fingerprint density at radius 3 is 2.44 bits per heavy atom. The second kappa shape index (κ2) is 6.89. The Balaban J connectivity index is 1.70. The first-order valence-electron chi connectivity index (χ1n) is 7.71. The first kappa shape index (κ1) is 17.5. The minimum absolute atomic E-state index is 0.0648. The Labute approximate surface area is 144 Å². The fourth-order valence-corrected chi connectivity index (χ4v) is 3.76. The molecule has 3 rings (SSSR count). The lowest BCUT2D eigenvalue weighted by Crippen LogP contribution is -2.25. The van der Waals surface area contributed by atoms with Crippen molar-refractivity contribution in [3.8, 4) is 0 Å². The average molecular weight is 366 g/mol. The SMILES string of the molecule is O=C1CCCN1c1ccc(CNS(=O)(=O)c2cc(F)ccc2F)cc1. The fraction of sp³-hybridized carbons (Fsp3) is 0.235. The summed E-state index contributed by atoms with van der Waals surface area (Å²) in [7, 11) is -4.18. The van der Waals surface area contributed by atoms with E-state index in [1.54, 1.807) is 29.2 Å². The van der Waals surface area contributed by atoms with E-state index in [1.165, 1.54) is 0 Å². The third kappa shape index (κ3) is 3.85. The van der Waals surface area contributed by atoms with Crippen LogP contribution in [0.3, 0.4) is 0 Å². The number of rotatable bonds is 5. The number of nitrogens with one attached hydrogen (secondary N) is 1. The molecule has 0 spiro atoms. The second-order valence-corrected chi connectivity index (χ2v) is 7.45. The van der Waals surface area contributed by atoms with Crippen LogP contribution in [0, 0.1) is 11.6 Å². The van der Waals surface area contributed by atoms with Crippen LogP contribution in [0.1, 0.15) is 18.4 Å². The van der Waals surface area contributed by atoms with Crippen LogP contribution < -0.4 is 9.62 Å². The Kier molecular flexibility index (Phi) is 4.82. The van der Waals surface area contributed by atoms with Crippen LogP contribution in [-0.2, 0) is 21.4 Å². The summed E-state index contributed by atoms with van der Waals surface area (Å²) in [6.45, 7) is 0.593. The number of carbonyl (C=O) groups excluding carboxylic acids is 1. The van der Waals surface area contributed by atoms with Crippen LogP contribution in [0.2, 0.25) is 0 Å². The molecule has 0 bridgehead atoms. The van der Waals surface area contributed by atoms with E-state index in [0.29, 0.717) is 24.6 Å². The van der Waals surface area contributed by atoms with E-state index < -0.39 is 26.6 Å². The zero-order chi connectivity index (χ0) is 18.0. The lowest BCUT2D eigenvalue weighted by molar-refractivity contribution is -0.117. The smallest absolute Gasteiger partial charge is 0.243 e. The zero-order valence-corrected chi connectivity index (χ0v) is 14.0. The molecule has 2 aromatic rings. The van der Waals surface area contributed by atoms with Gasteiger partial charge in [0.15, 0.2) is 0 Å². The molecule has 0 radical (unpaired) electrons. The van der Waals surface area contributed by atoms with Gasteiger partial charge in [-0.15, -0.1) is 0 Å². The first-order valence-corrected chi connectivity index (χ1v) is 9.19. The number of amides is 1. The molecular formula is C17H16F2N2O3S. The number of hydrogen-bond donors (Lipinski definition) is 1. The third-order valence-electron chi connectivity index (χ3n) is 3.97. The molecule has 132 valence electrons. The van der Waals surface area contributed by atoms with Crippen molar-refractivity contribution in [3.05, 3.63) is 59.7 Å². The molecule has 1 amide bonds. The number of anilines is 1. The van der Waals surface area contributed by atoms with Gasteiger partial charge in [0.05, 0.1) is 0 Å². The van der Waals surface area contributed by atoms with E-state index in [4.69, 9.17) is 0 Å². The van der Waals surface area contributed by atoms with Gasteiger partial charge in [-0.25, -0.2) is 21.9 Å². The molecule has 1 N–H and O–H groups in total. The summed E-state index contributed by atoms with van der Waals surface area (Å²) in [5, 5.41) is 0. The Morgan fingerprint density at radius 2 is 1.80 bits per heavy atom. The second-order valence-electron chi connectivity index (χ2n) is 5.71. The van der Waals surface area contributed by atoms with Crippen LogP contribution in [0.4, 0.5) is 14.5 Å². The van der Waals surface area contributed by atoms with Gasteiger partial charge in [0, 0.05) is 25.2 Å². The summed E-state index contributed by atoms with van der Waals surface area (Å²) < 4.78 is 53.3. The lowest BCUT2D eigenvalue weighted by atomic mass is 10.2. The van der Waals surface area contributed by atoms with Gasteiger partial charge < -0.3 is 4.90 Å². The van der Waals surface area contributed by atoms with Gasteiger partial charge in [-0.2, -0.15) is 0 Å². The molecule has 0 unspecified atom stereocenters. The van der Waals surface area contributed by atoms with Gasteiger partial charge in [-0.1, -0.05) is 12.1 Å². The number of halogens is 2. The molecule has 25 heavy (non-hydrogen) atoms. The first-order chi connectivity index (χ1) is 11.9. The van der Waals surface area contributed by atoms with E-state index in [1.807, 2.05) is 0 Å². The number of sulfonamides is 1. The highest BCUT2D eigenvalue weighted by molar-refractivity contribution is 7.89. The summed E-state index contributed by atoms with van der Waals surface area (Å²) >= 11 is 0. The predicted octanol–water partition coefficient (Wildman–Crippen LogP) is 2.57. The molecule has 1 saturated heterocycles. The molecule has 0 atom stereocenters. The maximum atomic E-state index is 13.6. The molecule has 0 aromatic heterocycles. The minimum Gasteiger partial charge on any atom is -0.312 e. The predicted molar refractivity (Wildman–Crippen MR) is 88.4 cm³/mol. The molecule has 8 heteroatoms. The van der Waals surface area contributed by atoms with Crippen molar-refractivity contribution in [1.29, 1.82) is 0 Å². The van der Waals surface area contributed by atoms with Crippen molar-refractivity contribution in [2.24, 2.45) is 0 Å². The van der Waals surface area contributed by atoms with Crippen LogP contribution in [0.15, 0.2) is 47.4 Å². The maximum absolute atomic E-state index is 13.6. The van der Waals surface area contributed by atoms with Crippen molar-refractivity contribution in [2.75, 3.05) is 11.4 Å². The highest BCUT2D eigenvalue weighted by Crippen LogP contribution is 2.22. The fourth-order valence-electron chi connectivity index (χ4n) is 2.65. The Bertz CT molecular complexity index is 899. The van der Waals surface area contributed by atoms with Crippen LogP contribution in [-0.4, -0.2) is 20.9 Å². The van der Waals surface area contributed by atoms with Gasteiger partial charge in [0.2, 0.25) is 15.9 Å². The van der Waals surface area contributed by atoms with Gasteiger partial charge in [-0.3, -0.25) is 4.79 Å². The number of hydrogen-bond acceptors (Lipinski definition) is 3. The van der Waals surface area contributed by atoms with Gasteiger partial charge in [0.25, 0.3) is 0 Å². The monoisotopic (exact) mass is 366 g/mol. The van der Waals surface area contributed by atoms with E-state index in [0.717, 1.165) is 24.2 Å². The van der Waals surface area contributed by atoms with Crippen molar-refractivity contribution < 1.29 is 22.0 Å². The molecule has 1 fully saturated rings. The topological polar surface area (TPSA) is 66.5 Å². The lowest BCUT2D eigenvalue weighted by Gasteiger charge is -2.16. The molecule has 0 saturated carbocycles. The van der Waals surface area contributed by atoms with Crippen LogP contribution in [0.5, 0.6) is 0 Å². The molecule has 1 heterocycles. The van der Waals surface area contributed by atoms with Crippen molar-refractivity contribution in [3.63, 3.8) is 0 Å². The third-order valence-corrected chi connectivity index (χ3v) is 5.39. The summed E-state index contributed by atoms with van der Waals surface area (Å²) in [5.74, 6) is -1.78. The van der Waals surface area contributed by atoms with Gasteiger partial charge in [0.1, 0.15) is 16.5 Å². The van der Waals surface area contributed by atoms with E-state index in [9.17, 15) is 22.0 Å². The van der Waals surface area contributed by atoms with Crippen LogP contribution in [0.25, 0.3) is 0 Å². The normalized spacial score (nSPS) is 15.0. The number of benzene rings is 2. The van der Waals surface area contributed by atoms with Crippen molar-refractivity contribution >= 4 is 21.6 Å². The van der Waals surface area contributed by atoms with Gasteiger partial charge in [-0.05, 0) is 42.3 Å². The number of carbonyl (C=O) groups is 1. The Hall–Kier alpha value is -2.32. The van der Waals surface area contributed by atoms with Crippen molar-refractivity contribution in [1.82, 2.24) is 4.72 Å². The largest absolute Gasteiger partial charge is 0.312 e. The van der Waals surface area contributed by atoms with E-state index >= 15 is 0 Å². The Morgan fingerprint density at radius 1 is 1.08 bits per heavy atom. The summed E-state index contributed by atoms with van der Waals surface area (Å²) in [6.07, 6.45) is 1.35. The average Bonchev–Trinajstić information content (AvgIpc) is 3.02. The van der Waals surface area contributed by atoms with Crippen LogP contribution >= 0.6 is 0 Å². The van der Waals surface area contributed by atoms with E-state index in [-0.39, 0.29) is 12.5 Å². The molecule has 5 nitrogen and oxygen atoms in total. The highest BCUT2D eigenvalue weighted by Gasteiger charge is 2.22. The molecule has 0 aliphatic carbocycles. The molecule has 2 aromatic carbocycles. The minimum atomic E-state index is -4.18. The van der Waals surface area contributed by atoms with Gasteiger partial charge >= 0.3 is 0 Å². The summed E-state index contributed by atoms with van der Waals surface area (Å²) in [5.41, 5.74) is 1.39. The standard InChI is InChI=1S/C17H16F2N2O3S/c18-13-5-8-15(19)16(10-13)25(23,24)20-11-12-3-6-14(7-4-12)21-9-1-2-17(21)22/h3-8,10,20H,1-2,9,11H2. The summed E-state index contributed by atoms with van der Waals surface area (Å²) in [4.78, 5) is 12.6. The maximum Gasteiger partial charge on any atom is 0.243 e. The summed E-state index contributed by atoms with van der Waals surface area (Å²) in [6, 6.07) is 9.10. The molecule has 1 aliphatic rings. The molecular weight excluding hydrogens is 350 g/mol. The zero-order valence-electron chi connectivity index (χ0n) is 13.2. The highest BCUT2D eigenvalue weighted by atomic mass is 32.2. The number of nitrogens with zero attached hydrogens (tertiary/aromatic N) is 1. The van der Waals surface area contributed by atoms with Crippen molar-refractivity contribution in [2.45, 2.75) is 24.3 Å². The van der Waals surface area contributed by atoms with E-state index in [2.05, 4.69) is 4.72 Å². The quantitative estimate of drug-likeness (QED) is 0.884.